The van der Waals surface area contributed by atoms with Crippen molar-refractivity contribution in [2.45, 2.75) is 26.0 Å². The van der Waals surface area contributed by atoms with E-state index >= 15 is 0 Å². The second-order valence-corrected chi connectivity index (χ2v) is 8.55. The van der Waals surface area contributed by atoms with Crippen LogP contribution in [-0.2, 0) is 6.61 Å². The minimum absolute atomic E-state index is 0.0195. The Kier molecular flexibility index (Phi) is 5.88. The van der Waals surface area contributed by atoms with Crippen LogP contribution in [0, 0.1) is 0 Å². The van der Waals surface area contributed by atoms with E-state index in [1.165, 1.54) is 0 Å². The number of hydrogen-bond donors (Lipinski definition) is 1. The summed E-state index contributed by atoms with van der Waals surface area (Å²) in [5.41, 5.74) is 5.32. The second-order valence-electron chi connectivity index (χ2n) is 8.11. The molecule has 0 fully saturated rings. The molecular formula is C27H24ClN3O2. The maximum Gasteiger partial charge on any atom is 0.273 e. The van der Waals surface area contributed by atoms with Crippen LogP contribution in [0.1, 0.15) is 46.6 Å². The van der Waals surface area contributed by atoms with Gasteiger partial charge in [0.15, 0.2) is 0 Å². The van der Waals surface area contributed by atoms with Crippen molar-refractivity contribution in [2.75, 3.05) is 6.54 Å². The summed E-state index contributed by atoms with van der Waals surface area (Å²) < 4.78 is 5.95. The molecule has 1 atom stereocenters. The Morgan fingerprint density at radius 3 is 2.42 bits per heavy atom. The highest BCUT2D eigenvalue weighted by molar-refractivity contribution is 6.30. The van der Waals surface area contributed by atoms with Crippen LogP contribution in [0.25, 0.3) is 11.3 Å². The molecule has 5 nitrogen and oxygen atoms in total. The molecule has 1 unspecified atom stereocenters. The minimum atomic E-state index is -0.208. The van der Waals surface area contributed by atoms with E-state index in [1.54, 1.807) is 0 Å². The van der Waals surface area contributed by atoms with Gasteiger partial charge in [-0.05, 0) is 41.8 Å². The van der Waals surface area contributed by atoms with Gasteiger partial charge in [-0.15, -0.1) is 0 Å². The third-order valence-corrected chi connectivity index (χ3v) is 6.14. The zero-order chi connectivity index (χ0) is 22.8. The van der Waals surface area contributed by atoms with E-state index in [1.807, 2.05) is 83.8 Å². The SMILES string of the molecule is CCCN1C(=O)c2[nH]nc(-c3ccc(Cl)cc3)c2C1c1ccc(OCc2ccccc2)cc1. The summed E-state index contributed by atoms with van der Waals surface area (Å²) >= 11 is 6.08. The van der Waals surface area contributed by atoms with E-state index in [0.29, 0.717) is 23.9 Å². The predicted octanol–water partition coefficient (Wildman–Crippen LogP) is 6.26. The molecule has 0 saturated heterocycles. The average molecular weight is 458 g/mol. The summed E-state index contributed by atoms with van der Waals surface area (Å²) in [6.45, 7) is 3.25. The van der Waals surface area contributed by atoms with Crippen LogP contribution in [-0.4, -0.2) is 27.5 Å². The molecule has 1 aliphatic rings. The standard InChI is InChI=1S/C27H24ClN3O2/c1-2-16-31-26(20-10-14-22(15-11-20)33-17-18-6-4-3-5-7-18)23-24(29-30-25(23)27(31)32)19-8-12-21(28)13-9-19/h3-15,26H,2,16-17H2,1H3,(H,29,30). The van der Waals surface area contributed by atoms with Crippen molar-refractivity contribution in [1.29, 1.82) is 0 Å². The lowest BCUT2D eigenvalue weighted by molar-refractivity contribution is 0.0744. The summed E-state index contributed by atoms with van der Waals surface area (Å²) in [5, 5.41) is 8.15. The molecule has 33 heavy (non-hydrogen) atoms. The van der Waals surface area contributed by atoms with Crippen LogP contribution in [0.15, 0.2) is 78.9 Å². The van der Waals surface area contributed by atoms with E-state index in [-0.39, 0.29) is 11.9 Å². The molecule has 0 bridgehead atoms. The van der Waals surface area contributed by atoms with Gasteiger partial charge < -0.3 is 9.64 Å². The number of halogens is 1. The first-order valence-electron chi connectivity index (χ1n) is 11.1. The van der Waals surface area contributed by atoms with E-state index < -0.39 is 0 Å². The van der Waals surface area contributed by atoms with Crippen LogP contribution in [0.5, 0.6) is 5.75 Å². The molecular weight excluding hydrogens is 434 g/mol. The number of carbonyl (C=O) groups is 1. The molecule has 0 radical (unpaired) electrons. The zero-order valence-electron chi connectivity index (χ0n) is 18.3. The van der Waals surface area contributed by atoms with Gasteiger partial charge in [-0.25, -0.2) is 0 Å². The number of benzene rings is 3. The van der Waals surface area contributed by atoms with Crippen LogP contribution in [0.4, 0.5) is 0 Å². The highest BCUT2D eigenvalue weighted by atomic mass is 35.5. The fourth-order valence-electron chi connectivity index (χ4n) is 4.33. The molecule has 0 spiro atoms. The molecule has 1 aromatic heterocycles. The number of aromatic nitrogens is 2. The number of nitrogens with zero attached hydrogens (tertiary/aromatic N) is 2. The lowest BCUT2D eigenvalue weighted by Gasteiger charge is -2.26. The van der Waals surface area contributed by atoms with Gasteiger partial charge in [0, 0.05) is 22.7 Å². The first-order valence-corrected chi connectivity index (χ1v) is 11.5. The van der Waals surface area contributed by atoms with Crippen molar-refractivity contribution in [2.24, 2.45) is 0 Å². The third kappa shape index (κ3) is 4.12. The molecule has 1 aliphatic heterocycles. The van der Waals surface area contributed by atoms with Crippen LogP contribution in [0.2, 0.25) is 5.02 Å². The largest absolute Gasteiger partial charge is 0.489 e. The molecule has 2 heterocycles. The fourth-order valence-corrected chi connectivity index (χ4v) is 4.46. The molecule has 0 aliphatic carbocycles. The van der Waals surface area contributed by atoms with E-state index in [9.17, 15) is 4.79 Å². The summed E-state index contributed by atoms with van der Waals surface area (Å²) in [4.78, 5) is 15.1. The molecule has 3 aromatic carbocycles. The van der Waals surface area contributed by atoms with Crippen molar-refractivity contribution in [1.82, 2.24) is 15.1 Å². The number of rotatable bonds is 7. The van der Waals surface area contributed by atoms with Gasteiger partial charge in [0.1, 0.15) is 18.1 Å². The van der Waals surface area contributed by atoms with Crippen molar-refractivity contribution in [3.63, 3.8) is 0 Å². The Hall–Kier alpha value is -3.57. The number of hydrogen-bond acceptors (Lipinski definition) is 3. The lowest BCUT2D eigenvalue weighted by atomic mass is 9.96. The van der Waals surface area contributed by atoms with Gasteiger partial charge in [0.05, 0.1) is 11.7 Å². The van der Waals surface area contributed by atoms with Gasteiger partial charge >= 0.3 is 0 Å². The minimum Gasteiger partial charge on any atom is -0.489 e. The smallest absolute Gasteiger partial charge is 0.273 e. The summed E-state index contributed by atoms with van der Waals surface area (Å²) in [5.74, 6) is 0.772. The van der Waals surface area contributed by atoms with Crippen molar-refractivity contribution in [3.05, 3.63) is 106 Å². The Bertz CT molecular complexity index is 1250. The summed E-state index contributed by atoms with van der Waals surface area (Å²) in [7, 11) is 0. The third-order valence-electron chi connectivity index (χ3n) is 5.89. The highest BCUT2D eigenvalue weighted by Gasteiger charge is 2.41. The van der Waals surface area contributed by atoms with Crippen molar-refractivity contribution in [3.8, 4) is 17.0 Å². The molecule has 4 aromatic rings. The van der Waals surface area contributed by atoms with Gasteiger partial charge in [-0.2, -0.15) is 5.10 Å². The Labute approximate surface area is 198 Å². The predicted molar refractivity (Wildman–Crippen MR) is 129 cm³/mol. The molecule has 5 rings (SSSR count). The van der Waals surface area contributed by atoms with Gasteiger partial charge in [0.25, 0.3) is 5.91 Å². The number of aromatic amines is 1. The topological polar surface area (TPSA) is 58.2 Å². The van der Waals surface area contributed by atoms with Gasteiger partial charge in [0.2, 0.25) is 0 Å². The average Bonchev–Trinajstić information content (AvgIpc) is 3.39. The van der Waals surface area contributed by atoms with Crippen LogP contribution < -0.4 is 4.74 Å². The molecule has 0 saturated carbocycles. The van der Waals surface area contributed by atoms with Gasteiger partial charge in [-0.3, -0.25) is 9.89 Å². The number of ether oxygens (including phenoxy) is 1. The normalized spacial score (nSPS) is 15.0. The first-order chi connectivity index (χ1) is 16.2. The lowest BCUT2D eigenvalue weighted by Crippen LogP contribution is -2.30. The quantitative estimate of drug-likeness (QED) is 0.356. The highest BCUT2D eigenvalue weighted by Crippen LogP contribution is 2.43. The molecule has 1 N–H and O–H groups in total. The monoisotopic (exact) mass is 457 g/mol. The second kappa shape index (κ2) is 9.12. The van der Waals surface area contributed by atoms with Crippen LogP contribution >= 0.6 is 11.6 Å². The maximum absolute atomic E-state index is 13.2. The van der Waals surface area contributed by atoms with E-state index in [0.717, 1.165) is 40.1 Å². The van der Waals surface area contributed by atoms with Gasteiger partial charge in [-0.1, -0.05) is 73.1 Å². The number of carbonyl (C=O) groups excluding carboxylic acids is 1. The Balaban J connectivity index is 1.47. The van der Waals surface area contributed by atoms with Crippen LogP contribution in [0.3, 0.4) is 0 Å². The molecule has 166 valence electrons. The number of fused-ring (bicyclic) bond motifs is 1. The molecule has 6 heteroatoms. The first kappa shape index (κ1) is 21.3. The number of H-pyrrole nitrogens is 1. The Morgan fingerprint density at radius 2 is 1.73 bits per heavy atom. The number of nitrogens with one attached hydrogen (secondary N) is 1. The van der Waals surface area contributed by atoms with Crippen molar-refractivity contribution < 1.29 is 9.53 Å². The van der Waals surface area contributed by atoms with E-state index in [2.05, 4.69) is 17.1 Å². The summed E-state index contributed by atoms with van der Waals surface area (Å²) in [6, 6.07) is 25.4. The fraction of sp³-hybridized carbons (Fsp3) is 0.185. The zero-order valence-corrected chi connectivity index (χ0v) is 19.0. The van der Waals surface area contributed by atoms with Crippen molar-refractivity contribution >= 4 is 17.5 Å². The maximum atomic E-state index is 13.2. The Morgan fingerprint density at radius 1 is 1.00 bits per heavy atom. The number of amides is 1. The summed E-state index contributed by atoms with van der Waals surface area (Å²) in [6.07, 6.45) is 0.870. The molecule has 1 amide bonds. The van der Waals surface area contributed by atoms with E-state index in [4.69, 9.17) is 16.3 Å².